The number of hydrazine groups is 1. The van der Waals surface area contributed by atoms with E-state index >= 15 is 0 Å². The minimum Gasteiger partial charge on any atom is -0.497 e. The molecule has 0 spiro atoms. The van der Waals surface area contributed by atoms with Crippen LogP contribution in [0, 0.1) is 0 Å². The predicted molar refractivity (Wildman–Crippen MR) is 119 cm³/mol. The number of nitrogens with one attached hydrogen (secondary N) is 2. The summed E-state index contributed by atoms with van der Waals surface area (Å²) in [6.45, 7) is 4.18. The van der Waals surface area contributed by atoms with Crippen LogP contribution in [0.4, 0.5) is 4.79 Å². The molecule has 0 radical (unpaired) electrons. The number of carbonyl (C=O) groups excluding carboxylic acids is 3. The van der Waals surface area contributed by atoms with Crippen LogP contribution in [0.1, 0.15) is 18.9 Å². The summed E-state index contributed by atoms with van der Waals surface area (Å²) in [4.78, 5) is 42.1. The van der Waals surface area contributed by atoms with E-state index in [0.29, 0.717) is 43.9 Å². The maximum Gasteiger partial charge on any atom is 0.344 e. The van der Waals surface area contributed by atoms with Crippen LogP contribution in [-0.2, 0) is 25.0 Å². The van der Waals surface area contributed by atoms with Gasteiger partial charge in [-0.3, -0.25) is 24.8 Å². The van der Waals surface area contributed by atoms with Crippen LogP contribution >= 0.6 is 0 Å². The highest BCUT2D eigenvalue weighted by Crippen LogP contribution is 2.29. The highest BCUT2D eigenvalue weighted by Gasteiger charge is 2.50. The third-order valence-corrected chi connectivity index (χ3v) is 8.34. The van der Waals surface area contributed by atoms with Crippen molar-refractivity contribution >= 4 is 27.7 Å². The van der Waals surface area contributed by atoms with Gasteiger partial charge in [0.05, 0.1) is 25.2 Å². The molecule has 11 nitrogen and oxygen atoms in total. The number of piperazine rings is 1. The second kappa shape index (κ2) is 8.92. The molecule has 3 aliphatic heterocycles. The van der Waals surface area contributed by atoms with Gasteiger partial charge in [-0.25, -0.2) is 13.2 Å². The van der Waals surface area contributed by atoms with Gasteiger partial charge in [-0.2, -0.15) is 5.01 Å². The third kappa shape index (κ3) is 4.82. The number of rotatable bonds is 6. The molecule has 2 N–H and O–H groups in total. The number of ether oxygens (including phenoxy) is 1. The van der Waals surface area contributed by atoms with Crippen molar-refractivity contribution in [3.05, 3.63) is 29.8 Å². The molecule has 4 rings (SSSR count). The first-order valence-corrected chi connectivity index (χ1v) is 12.7. The molecule has 33 heavy (non-hydrogen) atoms. The first-order valence-electron chi connectivity index (χ1n) is 10.9. The standard InChI is InChI=1S/C21H29N5O6S/c1-21(15-3-5-17(32-2)6-4-15)19(28)26(20(29)22-21)23-18(27)13-24-8-10-25(11-9-24)16-7-12-33(30,31)14-16/h3-6,16H,7-14H2,1-2H3,(H,22,29)(H,23,27)/t16-,21-/m0/s1. The van der Waals surface area contributed by atoms with Gasteiger partial charge >= 0.3 is 6.03 Å². The Kier molecular flexibility index (Phi) is 6.34. The van der Waals surface area contributed by atoms with Crippen molar-refractivity contribution in [2.24, 2.45) is 0 Å². The molecule has 1 aromatic carbocycles. The highest BCUT2D eigenvalue weighted by molar-refractivity contribution is 7.91. The van der Waals surface area contributed by atoms with E-state index in [4.69, 9.17) is 4.74 Å². The molecule has 180 valence electrons. The zero-order chi connectivity index (χ0) is 23.8. The maximum atomic E-state index is 13.0. The van der Waals surface area contributed by atoms with Crippen LogP contribution in [0.3, 0.4) is 0 Å². The van der Waals surface area contributed by atoms with Crippen molar-refractivity contribution in [2.75, 3.05) is 51.3 Å². The van der Waals surface area contributed by atoms with Gasteiger partial charge in [0, 0.05) is 32.2 Å². The Morgan fingerprint density at radius 2 is 1.85 bits per heavy atom. The molecule has 0 bridgehead atoms. The summed E-state index contributed by atoms with van der Waals surface area (Å²) in [6.07, 6.45) is 0.655. The number of imide groups is 1. The SMILES string of the molecule is COc1ccc([C@]2(C)NC(=O)N(NC(=O)CN3CCN([C@H]4CCS(=O)(=O)C4)CC3)C2=O)cc1. The molecular weight excluding hydrogens is 450 g/mol. The average molecular weight is 480 g/mol. The Labute approximate surface area is 192 Å². The Balaban J connectivity index is 1.30. The van der Waals surface area contributed by atoms with Gasteiger partial charge in [0.2, 0.25) is 0 Å². The van der Waals surface area contributed by atoms with Gasteiger partial charge in [0.25, 0.3) is 11.8 Å². The van der Waals surface area contributed by atoms with E-state index in [1.807, 2.05) is 4.90 Å². The van der Waals surface area contributed by atoms with Gasteiger partial charge in [-0.15, -0.1) is 0 Å². The Morgan fingerprint density at radius 3 is 2.42 bits per heavy atom. The number of hydrogen-bond acceptors (Lipinski definition) is 8. The van der Waals surface area contributed by atoms with Gasteiger partial charge in [-0.1, -0.05) is 12.1 Å². The molecule has 4 amide bonds. The quantitative estimate of drug-likeness (QED) is 0.513. The van der Waals surface area contributed by atoms with E-state index in [-0.39, 0.29) is 24.1 Å². The van der Waals surface area contributed by atoms with Crippen LogP contribution in [-0.4, -0.2) is 98.5 Å². The van der Waals surface area contributed by atoms with Gasteiger partial charge < -0.3 is 10.1 Å². The van der Waals surface area contributed by atoms with Gasteiger partial charge in [0.15, 0.2) is 9.84 Å². The Hall–Kier alpha value is -2.70. The second-order valence-corrected chi connectivity index (χ2v) is 11.1. The van der Waals surface area contributed by atoms with Crippen molar-refractivity contribution in [1.82, 2.24) is 25.6 Å². The van der Waals surface area contributed by atoms with Crippen molar-refractivity contribution in [2.45, 2.75) is 24.9 Å². The monoisotopic (exact) mass is 479 g/mol. The number of amides is 4. The van der Waals surface area contributed by atoms with Crippen LogP contribution in [0.5, 0.6) is 5.75 Å². The fraction of sp³-hybridized carbons (Fsp3) is 0.571. The minimum atomic E-state index is -2.94. The van der Waals surface area contributed by atoms with Crippen LogP contribution in [0.25, 0.3) is 0 Å². The lowest BCUT2D eigenvalue weighted by molar-refractivity contribution is -0.139. The van der Waals surface area contributed by atoms with E-state index in [1.54, 1.807) is 31.2 Å². The van der Waals surface area contributed by atoms with Crippen molar-refractivity contribution < 1.29 is 27.5 Å². The summed E-state index contributed by atoms with van der Waals surface area (Å²) in [5, 5.41) is 3.38. The largest absolute Gasteiger partial charge is 0.497 e. The Bertz CT molecular complexity index is 1040. The van der Waals surface area contributed by atoms with Gasteiger partial charge in [-0.05, 0) is 31.0 Å². The first-order chi connectivity index (χ1) is 15.6. The fourth-order valence-electron chi connectivity index (χ4n) is 4.57. The smallest absolute Gasteiger partial charge is 0.344 e. The molecule has 0 aliphatic carbocycles. The summed E-state index contributed by atoms with van der Waals surface area (Å²) in [7, 11) is -1.40. The molecule has 0 unspecified atom stereocenters. The zero-order valence-electron chi connectivity index (χ0n) is 18.7. The molecule has 3 heterocycles. The van der Waals surface area contributed by atoms with E-state index < -0.39 is 33.2 Å². The molecule has 0 saturated carbocycles. The summed E-state index contributed by atoms with van der Waals surface area (Å²) >= 11 is 0. The molecule has 1 aromatic rings. The summed E-state index contributed by atoms with van der Waals surface area (Å²) in [6, 6.07) is 6.13. The fourth-order valence-corrected chi connectivity index (χ4v) is 6.34. The van der Waals surface area contributed by atoms with Crippen molar-refractivity contribution in [1.29, 1.82) is 0 Å². The number of methoxy groups -OCH3 is 1. The number of carbonyl (C=O) groups is 3. The van der Waals surface area contributed by atoms with Crippen LogP contribution in [0.15, 0.2) is 24.3 Å². The third-order valence-electron chi connectivity index (χ3n) is 6.59. The van der Waals surface area contributed by atoms with E-state index in [2.05, 4.69) is 15.6 Å². The molecule has 12 heteroatoms. The zero-order valence-corrected chi connectivity index (χ0v) is 19.6. The van der Waals surface area contributed by atoms with E-state index in [9.17, 15) is 22.8 Å². The molecule has 0 aromatic heterocycles. The molecule has 3 aliphatic rings. The van der Waals surface area contributed by atoms with Gasteiger partial charge in [0.1, 0.15) is 11.3 Å². The maximum absolute atomic E-state index is 13.0. The van der Waals surface area contributed by atoms with Crippen molar-refractivity contribution in [3.63, 3.8) is 0 Å². The number of benzene rings is 1. The normalized spacial score (nSPS) is 28.1. The number of urea groups is 1. The lowest BCUT2D eigenvalue weighted by Crippen LogP contribution is -2.55. The average Bonchev–Trinajstić information content (AvgIpc) is 3.26. The van der Waals surface area contributed by atoms with Crippen LogP contribution < -0.4 is 15.5 Å². The van der Waals surface area contributed by atoms with E-state index in [1.165, 1.54) is 7.11 Å². The number of hydrogen-bond donors (Lipinski definition) is 2. The molecule has 3 fully saturated rings. The number of sulfone groups is 1. The van der Waals surface area contributed by atoms with Crippen molar-refractivity contribution in [3.8, 4) is 5.75 Å². The lowest BCUT2D eigenvalue weighted by Gasteiger charge is -2.37. The highest BCUT2D eigenvalue weighted by atomic mass is 32.2. The Morgan fingerprint density at radius 1 is 1.18 bits per heavy atom. The molecule has 3 saturated heterocycles. The minimum absolute atomic E-state index is 0.0348. The van der Waals surface area contributed by atoms with Crippen LogP contribution in [0.2, 0.25) is 0 Å². The lowest BCUT2D eigenvalue weighted by atomic mass is 9.92. The molecule has 2 atom stereocenters. The first kappa shape index (κ1) is 23.5. The summed E-state index contributed by atoms with van der Waals surface area (Å²) in [5.41, 5.74) is 1.69. The topological polar surface area (TPSA) is 128 Å². The molecular formula is C21H29N5O6S. The summed E-state index contributed by atoms with van der Waals surface area (Å²) in [5.74, 6) is 0.0282. The predicted octanol–water partition coefficient (Wildman–Crippen LogP) is -0.702. The second-order valence-electron chi connectivity index (χ2n) is 8.83. The summed E-state index contributed by atoms with van der Waals surface area (Å²) < 4.78 is 28.6. The number of nitrogens with zero attached hydrogens (tertiary/aromatic N) is 3. The van der Waals surface area contributed by atoms with E-state index in [0.717, 1.165) is 5.01 Å².